The van der Waals surface area contributed by atoms with Crippen molar-refractivity contribution in [3.05, 3.63) is 35.4 Å². The van der Waals surface area contributed by atoms with Crippen LogP contribution in [0.25, 0.3) is 0 Å². The van der Waals surface area contributed by atoms with Crippen molar-refractivity contribution in [2.24, 2.45) is 22.7 Å². The third-order valence-electron chi connectivity index (χ3n) is 3.67. The topological polar surface area (TPSA) is 78.9 Å². The zero-order chi connectivity index (χ0) is 14.0. The SMILES string of the molecule is CC1CC1CN(C)C(=O)c1ccc(C(N)=NO)cc1. The maximum Gasteiger partial charge on any atom is 0.253 e. The molecule has 1 aliphatic rings. The van der Waals surface area contributed by atoms with Crippen molar-refractivity contribution < 1.29 is 10.0 Å². The molecule has 3 N–H and O–H groups in total. The zero-order valence-corrected chi connectivity index (χ0v) is 11.2. The summed E-state index contributed by atoms with van der Waals surface area (Å²) >= 11 is 0. The molecule has 2 unspecified atom stereocenters. The summed E-state index contributed by atoms with van der Waals surface area (Å²) in [5.74, 6) is 1.42. The van der Waals surface area contributed by atoms with Crippen LogP contribution >= 0.6 is 0 Å². The number of hydrogen-bond donors (Lipinski definition) is 2. The molecule has 2 atom stereocenters. The largest absolute Gasteiger partial charge is 0.409 e. The van der Waals surface area contributed by atoms with Crippen LogP contribution in [0.2, 0.25) is 0 Å². The van der Waals surface area contributed by atoms with E-state index in [1.807, 2.05) is 7.05 Å². The van der Waals surface area contributed by atoms with Crippen LogP contribution in [-0.2, 0) is 0 Å². The first kappa shape index (κ1) is 13.4. The summed E-state index contributed by atoms with van der Waals surface area (Å²) in [6.45, 7) is 3.01. The number of carbonyl (C=O) groups is 1. The van der Waals surface area contributed by atoms with Crippen LogP contribution in [0.15, 0.2) is 29.4 Å². The lowest BCUT2D eigenvalue weighted by molar-refractivity contribution is 0.0787. The minimum absolute atomic E-state index is 0.00478. The lowest BCUT2D eigenvalue weighted by Crippen LogP contribution is -2.29. The molecule has 1 aromatic rings. The highest BCUT2D eigenvalue weighted by atomic mass is 16.4. The van der Waals surface area contributed by atoms with Gasteiger partial charge in [-0.05, 0) is 30.4 Å². The second kappa shape index (κ2) is 5.30. The molecule has 0 radical (unpaired) electrons. The van der Waals surface area contributed by atoms with Gasteiger partial charge in [-0.25, -0.2) is 0 Å². The maximum absolute atomic E-state index is 12.2. The lowest BCUT2D eigenvalue weighted by atomic mass is 10.1. The van der Waals surface area contributed by atoms with Crippen LogP contribution < -0.4 is 5.73 Å². The van der Waals surface area contributed by atoms with Crippen molar-refractivity contribution in [2.75, 3.05) is 13.6 Å². The molecular weight excluding hydrogens is 242 g/mol. The summed E-state index contributed by atoms with van der Waals surface area (Å²) in [4.78, 5) is 13.9. The van der Waals surface area contributed by atoms with Gasteiger partial charge in [-0.2, -0.15) is 0 Å². The minimum atomic E-state index is 0.00478. The van der Waals surface area contributed by atoms with Gasteiger partial charge in [0.2, 0.25) is 0 Å². The highest BCUT2D eigenvalue weighted by molar-refractivity contribution is 5.99. The number of nitrogens with two attached hydrogens (primary N) is 1. The number of nitrogens with zero attached hydrogens (tertiary/aromatic N) is 2. The molecule has 1 amide bonds. The number of amides is 1. The predicted molar refractivity (Wildman–Crippen MR) is 73.2 cm³/mol. The molecule has 0 bridgehead atoms. The Morgan fingerprint density at radius 1 is 1.42 bits per heavy atom. The third kappa shape index (κ3) is 3.05. The van der Waals surface area contributed by atoms with Crippen molar-refractivity contribution in [3.63, 3.8) is 0 Å². The van der Waals surface area contributed by atoms with Crippen molar-refractivity contribution >= 4 is 11.7 Å². The second-order valence-corrected chi connectivity index (χ2v) is 5.22. The van der Waals surface area contributed by atoms with Gasteiger partial charge in [-0.15, -0.1) is 0 Å². The van der Waals surface area contributed by atoms with Gasteiger partial charge in [0.05, 0.1) is 0 Å². The zero-order valence-electron chi connectivity index (χ0n) is 11.2. The fourth-order valence-electron chi connectivity index (χ4n) is 2.15. The van der Waals surface area contributed by atoms with E-state index in [1.54, 1.807) is 29.2 Å². The molecule has 1 aromatic carbocycles. The van der Waals surface area contributed by atoms with Gasteiger partial charge in [-0.3, -0.25) is 4.79 Å². The molecule has 0 saturated heterocycles. The van der Waals surface area contributed by atoms with Crippen LogP contribution in [0, 0.1) is 11.8 Å². The summed E-state index contributed by atoms with van der Waals surface area (Å²) in [6.07, 6.45) is 1.21. The molecule has 102 valence electrons. The van der Waals surface area contributed by atoms with Crippen LogP contribution in [0.4, 0.5) is 0 Å². The molecular formula is C14H19N3O2. The first-order chi connectivity index (χ1) is 9.02. The highest BCUT2D eigenvalue weighted by Gasteiger charge is 2.34. The number of carbonyl (C=O) groups excluding carboxylic acids is 1. The van der Waals surface area contributed by atoms with E-state index in [1.165, 1.54) is 6.42 Å². The van der Waals surface area contributed by atoms with Crippen molar-refractivity contribution in [1.29, 1.82) is 0 Å². The van der Waals surface area contributed by atoms with E-state index in [9.17, 15) is 4.79 Å². The van der Waals surface area contributed by atoms with Crippen molar-refractivity contribution in [1.82, 2.24) is 4.90 Å². The van der Waals surface area contributed by atoms with Gasteiger partial charge in [0.25, 0.3) is 5.91 Å². The summed E-state index contributed by atoms with van der Waals surface area (Å²) in [5.41, 5.74) is 6.69. The molecule has 5 nitrogen and oxygen atoms in total. The maximum atomic E-state index is 12.2. The third-order valence-corrected chi connectivity index (χ3v) is 3.67. The Bertz CT molecular complexity index is 496. The number of amidine groups is 1. The number of oxime groups is 1. The molecule has 0 spiro atoms. The van der Waals surface area contributed by atoms with E-state index in [2.05, 4.69) is 12.1 Å². The first-order valence-corrected chi connectivity index (χ1v) is 6.36. The van der Waals surface area contributed by atoms with E-state index < -0.39 is 0 Å². The van der Waals surface area contributed by atoms with Crippen LogP contribution in [-0.4, -0.2) is 35.4 Å². The summed E-state index contributed by atoms with van der Waals surface area (Å²) < 4.78 is 0. The van der Waals surface area contributed by atoms with Gasteiger partial charge in [0.15, 0.2) is 5.84 Å². The average molecular weight is 261 g/mol. The van der Waals surface area contributed by atoms with Gasteiger partial charge < -0.3 is 15.8 Å². The average Bonchev–Trinajstić information content (AvgIpc) is 3.12. The Morgan fingerprint density at radius 2 is 1.95 bits per heavy atom. The molecule has 0 aromatic heterocycles. The van der Waals surface area contributed by atoms with Gasteiger partial charge in [0, 0.05) is 24.7 Å². The monoisotopic (exact) mass is 261 g/mol. The number of benzene rings is 1. The fourth-order valence-corrected chi connectivity index (χ4v) is 2.15. The van der Waals surface area contributed by atoms with Crippen molar-refractivity contribution in [3.8, 4) is 0 Å². The molecule has 0 heterocycles. The van der Waals surface area contributed by atoms with E-state index in [0.717, 1.165) is 12.5 Å². The lowest BCUT2D eigenvalue weighted by Gasteiger charge is -2.17. The Balaban J connectivity index is 2.02. The van der Waals surface area contributed by atoms with Crippen LogP contribution in [0.3, 0.4) is 0 Å². The molecule has 0 aliphatic heterocycles. The smallest absolute Gasteiger partial charge is 0.253 e. The molecule has 1 aliphatic carbocycles. The Kier molecular flexibility index (Phi) is 3.74. The number of rotatable bonds is 4. The molecule has 1 fully saturated rings. The second-order valence-electron chi connectivity index (χ2n) is 5.22. The van der Waals surface area contributed by atoms with E-state index >= 15 is 0 Å². The van der Waals surface area contributed by atoms with Gasteiger partial charge in [0.1, 0.15) is 0 Å². The van der Waals surface area contributed by atoms with Crippen molar-refractivity contribution in [2.45, 2.75) is 13.3 Å². The van der Waals surface area contributed by atoms with Crippen LogP contribution in [0.1, 0.15) is 29.3 Å². The standard InChI is InChI=1S/C14H19N3O2/c1-9-7-12(9)8-17(2)14(18)11-5-3-10(4-6-11)13(15)16-19/h3-6,9,12,19H,7-8H2,1-2H3,(H2,15,16). The van der Waals surface area contributed by atoms with E-state index in [0.29, 0.717) is 17.0 Å². The number of hydrogen-bond acceptors (Lipinski definition) is 3. The summed E-state index contributed by atoms with van der Waals surface area (Å²) in [6, 6.07) is 6.75. The summed E-state index contributed by atoms with van der Waals surface area (Å²) in [7, 11) is 1.82. The van der Waals surface area contributed by atoms with Gasteiger partial charge >= 0.3 is 0 Å². The minimum Gasteiger partial charge on any atom is -0.409 e. The summed E-state index contributed by atoms with van der Waals surface area (Å²) in [5, 5.41) is 11.5. The van der Waals surface area contributed by atoms with Gasteiger partial charge in [-0.1, -0.05) is 24.2 Å². The highest BCUT2D eigenvalue weighted by Crippen LogP contribution is 2.38. The molecule has 19 heavy (non-hydrogen) atoms. The quantitative estimate of drug-likeness (QED) is 0.373. The van der Waals surface area contributed by atoms with E-state index in [4.69, 9.17) is 10.9 Å². The molecule has 5 heteroatoms. The Hall–Kier alpha value is -2.04. The molecule has 1 saturated carbocycles. The Morgan fingerprint density at radius 3 is 2.42 bits per heavy atom. The first-order valence-electron chi connectivity index (χ1n) is 6.36. The fraction of sp³-hybridized carbons (Fsp3) is 0.429. The van der Waals surface area contributed by atoms with E-state index in [-0.39, 0.29) is 11.7 Å². The normalized spacial score (nSPS) is 22.1. The predicted octanol–water partition coefficient (Wildman–Crippen LogP) is 1.51. The van der Waals surface area contributed by atoms with Crippen LogP contribution in [0.5, 0.6) is 0 Å². The Labute approximate surface area is 112 Å². The molecule has 2 rings (SSSR count).